The predicted molar refractivity (Wildman–Crippen MR) is 70.7 cm³/mol. The van der Waals surface area contributed by atoms with E-state index >= 15 is 0 Å². The van der Waals surface area contributed by atoms with Crippen LogP contribution in [0.15, 0.2) is 12.1 Å². The number of carboxylic acid groups (broad SMARTS) is 1. The molecule has 0 spiro atoms. The molecule has 0 saturated carbocycles. The highest BCUT2D eigenvalue weighted by Crippen LogP contribution is 2.31. The summed E-state index contributed by atoms with van der Waals surface area (Å²) in [5.41, 5.74) is 0.833. The lowest BCUT2D eigenvalue weighted by Gasteiger charge is -2.10. The van der Waals surface area contributed by atoms with E-state index in [2.05, 4.69) is 10.6 Å². The van der Waals surface area contributed by atoms with Crippen LogP contribution in [-0.2, 0) is 11.3 Å². The molecule has 18 heavy (non-hydrogen) atoms. The van der Waals surface area contributed by atoms with Crippen molar-refractivity contribution in [2.45, 2.75) is 6.54 Å². The van der Waals surface area contributed by atoms with Crippen molar-refractivity contribution in [3.8, 4) is 0 Å². The Hall–Kier alpha value is -1.17. The van der Waals surface area contributed by atoms with E-state index in [1.54, 1.807) is 0 Å². The Morgan fingerprint density at radius 1 is 1.22 bits per heavy atom. The van der Waals surface area contributed by atoms with E-state index in [0.29, 0.717) is 5.56 Å². The Morgan fingerprint density at radius 2 is 1.78 bits per heavy atom. The van der Waals surface area contributed by atoms with Gasteiger partial charge in [0, 0.05) is 6.54 Å². The molecule has 0 atom stereocenters. The van der Waals surface area contributed by atoms with Gasteiger partial charge in [0.25, 0.3) is 0 Å². The second-order valence-electron chi connectivity index (χ2n) is 3.27. The standard InChI is InChI=1S/C10H9Cl3N2O3/c11-3-8(16)15-9-6(12)1-5(2-7(9)13)4-14-10(17)18/h1-2,14H,3-4H2,(H,15,16)(H,17,18). The van der Waals surface area contributed by atoms with E-state index < -0.39 is 12.0 Å². The molecule has 0 bridgehead atoms. The average molecular weight is 312 g/mol. The molecular weight excluding hydrogens is 302 g/mol. The van der Waals surface area contributed by atoms with Crippen molar-refractivity contribution >= 4 is 52.5 Å². The largest absolute Gasteiger partial charge is 0.465 e. The van der Waals surface area contributed by atoms with Crippen LogP contribution in [0.2, 0.25) is 10.0 Å². The minimum Gasteiger partial charge on any atom is -0.465 e. The van der Waals surface area contributed by atoms with Crippen molar-refractivity contribution in [1.82, 2.24) is 5.32 Å². The van der Waals surface area contributed by atoms with E-state index in [4.69, 9.17) is 39.9 Å². The third kappa shape index (κ3) is 4.25. The molecule has 2 amide bonds. The summed E-state index contributed by atoms with van der Waals surface area (Å²) in [5, 5.41) is 13.5. The van der Waals surface area contributed by atoms with Gasteiger partial charge >= 0.3 is 6.09 Å². The van der Waals surface area contributed by atoms with Crippen LogP contribution in [0.25, 0.3) is 0 Å². The number of alkyl halides is 1. The highest BCUT2D eigenvalue weighted by Gasteiger charge is 2.11. The van der Waals surface area contributed by atoms with Crippen LogP contribution in [0.1, 0.15) is 5.56 Å². The highest BCUT2D eigenvalue weighted by molar-refractivity contribution is 6.40. The first kappa shape index (κ1) is 14.9. The third-order valence-electron chi connectivity index (χ3n) is 1.93. The van der Waals surface area contributed by atoms with Gasteiger partial charge in [-0.05, 0) is 17.7 Å². The normalized spacial score (nSPS) is 9.94. The molecular formula is C10H9Cl3N2O3. The third-order valence-corrected chi connectivity index (χ3v) is 2.77. The van der Waals surface area contributed by atoms with E-state index in [1.807, 2.05) is 0 Å². The molecule has 0 aliphatic carbocycles. The maximum absolute atomic E-state index is 11.1. The molecule has 0 aliphatic rings. The smallest absolute Gasteiger partial charge is 0.404 e. The Balaban J connectivity index is 2.90. The number of hydrogen-bond donors (Lipinski definition) is 3. The molecule has 1 aromatic rings. The summed E-state index contributed by atoms with van der Waals surface area (Å²) in [7, 11) is 0. The first-order chi connectivity index (χ1) is 8.43. The maximum Gasteiger partial charge on any atom is 0.404 e. The van der Waals surface area contributed by atoms with Gasteiger partial charge in [0.2, 0.25) is 5.91 Å². The van der Waals surface area contributed by atoms with Crippen LogP contribution in [0, 0.1) is 0 Å². The number of rotatable bonds is 4. The van der Waals surface area contributed by atoms with Crippen LogP contribution in [0.3, 0.4) is 0 Å². The molecule has 8 heteroatoms. The fourth-order valence-corrected chi connectivity index (χ4v) is 1.89. The van der Waals surface area contributed by atoms with Gasteiger partial charge in [0.15, 0.2) is 0 Å². The number of carbonyl (C=O) groups excluding carboxylic acids is 1. The number of nitrogens with one attached hydrogen (secondary N) is 2. The van der Waals surface area contributed by atoms with Crippen LogP contribution in [0.4, 0.5) is 10.5 Å². The van der Waals surface area contributed by atoms with Crippen LogP contribution >= 0.6 is 34.8 Å². The average Bonchev–Trinajstić information content (AvgIpc) is 2.30. The minimum absolute atomic E-state index is 0.0680. The number of anilines is 1. The van der Waals surface area contributed by atoms with Gasteiger partial charge < -0.3 is 15.7 Å². The topological polar surface area (TPSA) is 78.4 Å². The maximum atomic E-state index is 11.1. The SMILES string of the molecule is O=C(O)NCc1cc(Cl)c(NC(=O)CCl)c(Cl)c1. The number of amides is 2. The summed E-state index contributed by atoms with van der Waals surface area (Å²) >= 11 is 17.2. The first-order valence-corrected chi connectivity index (χ1v) is 6.03. The fourth-order valence-electron chi connectivity index (χ4n) is 1.20. The summed E-state index contributed by atoms with van der Waals surface area (Å²) in [4.78, 5) is 21.5. The minimum atomic E-state index is -1.15. The molecule has 1 aromatic carbocycles. The van der Waals surface area contributed by atoms with Gasteiger partial charge in [-0.1, -0.05) is 23.2 Å². The summed E-state index contributed by atoms with van der Waals surface area (Å²) in [5.74, 6) is -0.647. The zero-order valence-electron chi connectivity index (χ0n) is 8.97. The first-order valence-electron chi connectivity index (χ1n) is 4.74. The monoisotopic (exact) mass is 310 g/mol. The summed E-state index contributed by atoms with van der Waals surface area (Å²) in [6.45, 7) is 0.0680. The Morgan fingerprint density at radius 3 is 2.22 bits per heavy atom. The number of carbonyl (C=O) groups is 2. The van der Waals surface area contributed by atoms with Gasteiger partial charge in [-0.15, -0.1) is 11.6 Å². The number of halogens is 3. The van der Waals surface area contributed by atoms with E-state index in [0.717, 1.165) is 0 Å². The van der Waals surface area contributed by atoms with E-state index in [9.17, 15) is 9.59 Å². The second kappa shape index (κ2) is 6.68. The lowest BCUT2D eigenvalue weighted by molar-refractivity contribution is -0.113. The zero-order chi connectivity index (χ0) is 13.7. The van der Waals surface area contributed by atoms with Gasteiger partial charge in [-0.2, -0.15) is 0 Å². The zero-order valence-corrected chi connectivity index (χ0v) is 11.2. The molecule has 1 rings (SSSR count). The molecule has 3 N–H and O–H groups in total. The van der Waals surface area contributed by atoms with E-state index in [-0.39, 0.29) is 28.2 Å². The van der Waals surface area contributed by atoms with Gasteiger partial charge in [0.1, 0.15) is 5.88 Å². The van der Waals surface area contributed by atoms with Crippen molar-refractivity contribution in [3.05, 3.63) is 27.7 Å². The molecule has 0 aromatic heterocycles. The van der Waals surface area contributed by atoms with Gasteiger partial charge in [-0.3, -0.25) is 4.79 Å². The van der Waals surface area contributed by atoms with Crippen molar-refractivity contribution in [3.63, 3.8) is 0 Å². The Kier molecular flexibility index (Phi) is 5.53. The van der Waals surface area contributed by atoms with E-state index in [1.165, 1.54) is 12.1 Å². The quantitative estimate of drug-likeness (QED) is 0.748. The number of benzene rings is 1. The Labute approximate surface area is 118 Å². The number of hydrogen-bond acceptors (Lipinski definition) is 2. The summed E-state index contributed by atoms with van der Waals surface area (Å²) in [6.07, 6.45) is -1.15. The highest BCUT2D eigenvalue weighted by atomic mass is 35.5. The molecule has 0 aliphatic heterocycles. The molecule has 0 unspecified atom stereocenters. The van der Waals surface area contributed by atoms with Crippen LogP contribution < -0.4 is 10.6 Å². The van der Waals surface area contributed by atoms with Gasteiger partial charge in [-0.25, -0.2) is 4.79 Å². The molecule has 5 nitrogen and oxygen atoms in total. The molecule has 0 saturated heterocycles. The van der Waals surface area contributed by atoms with Crippen molar-refractivity contribution in [2.75, 3.05) is 11.2 Å². The molecule has 0 fully saturated rings. The predicted octanol–water partition coefficient (Wildman–Crippen LogP) is 2.94. The van der Waals surface area contributed by atoms with Crippen molar-refractivity contribution in [2.24, 2.45) is 0 Å². The second-order valence-corrected chi connectivity index (χ2v) is 4.36. The lowest BCUT2D eigenvalue weighted by atomic mass is 10.2. The summed E-state index contributed by atoms with van der Waals surface area (Å²) in [6, 6.07) is 3.01. The van der Waals surface area contributed by atoms with Gasteiger partial charge in [0.05, 0.1) is 15.7 Å². The van der Waals surface area contributed by atoms with Crippen molar-refractivity contribution in [1.29, 1.82) is 0 Å². The summed E-state index contributed by atoms with van der Waals surface area (Å²) < 4.78 is 0. The molecule has 98 valence electrons. The van der Waals surface area contributed by atoms with Crippen LogP contribution in [-0.4, -0.2) is 23.0 Å². The lowest BCUT2D eigenvalue weighted by Crippen LogP contribution is -2.20. The van der Waals surface area contributed by atoms with Crippen molar-refractivity contribution < 1.29 is 14.7 Å². The molecule has 0 radical (unpaired) electrons. The van der Waals surface area contributed by atoms with Crippen LogP contribution in [0.5, 0.6) is 0 Å². The Bertz CT molecular complexity index is 456. The fraction of sp³-hybridized carbons (Fsp3) is 0.200. The molecule has 0 heterocycles.